The third-order valence-electron chi connectivity index (χ3n) is 4.39. The van der Waals surface area contributed by atoms with Crippen molar-refractivity contribution in [1.82, 2.24) is 24.1 Å². The van der Waals surface area contributed by atoms with Gasteiger partial charge in [-0.2, -0.15) is 9.61 Å². The van der Waals surface area contributed by atoms with Crippen LogP contribution in [0.15, 0.2) is 16.7 Å². The Kier molecular flexibility index (Phi) is 3.70. The van der Waals surface area contributed by atoms with Crippen molar-refractivity contribution in [2.75, 3.05) is 19.3 Å². The van der Waals surface area contributed by atoms with Crippen molar-refractivity contribution in [1.29, 1.82) is 0 Å². The molecule has 1 fully saturated rings. The molecule has 128 valence electrons. The Balaban J connectivity index is 1.62. The number of nitrogens with zero attached hydrogens (tertiary/aromatic N) is 5. The number of rotatable bonds is 3. The summed E-state index contributed by atoms with van der Waals surface area (Å²) in [5.74, 6) is 1.79. The van der Waals surface area contributed by atoms with Gasteiger partial charge in [-0.05, 0) is 25.8 Å². The highest BCUT2D eigenvalue weighted by atomic mass is 32.2. The van der Waals surface area contributed by atoms with Crippen LogP contribution in [0.2, 0.25) is 0 Å². The fourth-order valence-corrected chi connectivity index (χ4v) is 4.84. The molecule has 0 aromatic carbocycles. The van der Waals surface area contributed by atoms with Crippen molar-refractivity contribution in [3.63, 3.8) is 0 Å². The van der Waals surface area contributed by atoms with E-state index in [0.29, 0.717) is 13.1 Å². The fraction of sp³-hybridized carbons (Fsp3) is 0.500. The molecule has 0 atom stereocenters. The highest BCUT2D eigenvalue weighted by Gasteiger charge is 2.29. The molecule has 24 heavy (non-hydrogen) atoms. The lowest BCUT2D eigenvalue weighted by atomic mass is 9.97. The number of furan rings is 1. The summed E-state index contributed by atoms with van der Waals surface area (Å²) >= 11 is 1.47. The zero-order chi connectivity index (χ0) is 16.9. The SMILES string of the molecule is Cc1occc1-c1nn2c(C3CCN(S(C)(=O)=O)CC3)nnc2s1. The summed E-state index contributed by atoms with van der Waals surface area (Å²) in [6.45, 7) is 2.92. The molecule has 0 aliphatic carbocycles. The van der Waals surface area contributed by atoms with E-state index in [1.54, 1.807) is 10.8 Å². The predicted molar refractivity (Wildman–Crippen MR) is 89.5 cm³/mol. The van der Waals surface area contributed by atoms with Gasteiger partial charge in [0.2, 0.25) is 15.0 Å². The lowest BCUT2D eigenvalue weighted by Gasteiger charge is -2.28. The molecule has 0 bridgehead atoms. The Hall–Kier alpha value is -1.78. The first-order valence-corrected chi connectivity index (χ1v) is 10.3. The third kappa shape index (κ3) is 2.64. The zero-order valence-corrected chi connectivity index (χ0v) is 15.0. The molecular weight excluding hydrogens is 350 g/mol. The maximum absolute atomic E-state index is 11.6. The van der Waals surface area contributed by atoms with Gasteiger partial charge in [0.1, 0.15) is 5.76 Å². The summed E-state index contributed by atoms with van der Waals surface area (Å²) in [7, 11) is -3.12. The van der Waals surface area contributed by atoms with Crippen LogP contribution in [-0.4, -0.2) is 51.9 Å². The molecule has 0 saturated carbocycles. The number of hydrogen-bond acceptors (Lipinski definition) is 7. The Morgan fingerprint density at radius 1 is 1.29 bits per heavy atom. The van der Waals surface area contributed by atoms with Crippen molar-refractivity contribution in [3.05, 3.63) is 23.9 Å². The van der Waals surface area contributed by atoms with Gasteiger partial charge in [-0.3, -0.25) is 0 Å². The standard InChI is InChI=1S/C14H17N5O3S2/c1-9-11(5-8-22-9)13-17-19-12(15-16-14(19)23-13)10-3-6-18(7-4-10)24(2,20)21/h5,8,10H,3-4,6-7H2,1-2H3. The molecule has 0 spiro atoms. The van der Waals surface area contributed by atoms with Gasteiger partial charge in [0.25, 0.3) is 0 Å². The van der Waals surface area contributed by atoms with Crippen LogP contribution in [0.4, 0.5) is 0 Å². The quantitative estimate of drug-likeness (QED) is 0.702. The molecule has 0 amide bonds. The van der Waals surface area contributed by atoms with Crippen LogP contribution in [0.25, 0.3) is 15.5 Å². The summed E-state index contributed by atoms with van der Waals surface area (Å²) in [6.07, 6.45) is 4.36. The van der Waals surface area contributed by atoms with E-state index in [2.05, 4.69) is 15.3 Å². The monoisotopic (exact) mass is 367 g/mol. The number of aryl methyl sites for hydroxylation is 1. The highest BCUT2D eigenvalue weighted by molar-refractivity contribution is 7.88. The number of aromatic nitrogens is 4. The Morgan fingerprint density at radius 2 is 2.04 bits per heavy atom. The molecule has 3 aromatic rings. The molecule has 4 heterocycles. The van der Waals surface area contributed by atoms with Crippen LogP contribution in [-0.2, 0) is 10.0 Å². The minimum absolute atomic E-state index is 0.165. The van der Waals surface area contributed by atoms with E-state index >= 15 is 0 Å². The van der Waals surface area contributed by atoms with Crippen molar-refractivity contribution >= 4 is 26.3 Å². The second kappa shape index (κ2) is 5.64. The van der Waals surface area contributed by atoms with Crippen molar-refractivity contribution in [3.8, 4) is 10.6 Å². The van der Waals surface area contributed by atoms with Crippen molar-refractivity contribution < 1.29 is 12.8 Å². The largest absolute Gasteiger partial charge is 0.469 e. The van der Waals surface area contributed by atoms with Crippen molar-refractivity contribution in [2.45, 2.75) is 25.7 Å². The summed E-state index contributed by atoms with van der Waals surface area (Å²) in [6, 6.07) is 1.89. The first-order valence-electron chi connectivity index (χ1n) is 7.65. The van der Waals surface area contributed by atoms with Crippen LogP contribution in [0.1, 0.15) is 30.3 Å². The Labute approximate surface area is 143 Å². The van der Waals surface area contributed by atoms with E-state index in [0.717, 1.165) is 40.0 Å². The topological polar surface area (TPSA) is 93.6 Å². The fourth-order valence-electron chi connectivity index (χ4n) is 3.05. The first-order chi connectivity index (χ1) is 11.4. The lowest BCUT2D eigenvalue weighted by Crippen LogP contribution is -2.37. The number of sulfonamides is 1. The molecule has 1 saturated heterocycles. The van der Waals surface area contributed by atoms with Crippen LogP contribution in [0, 0.1) is 6.92 Å². The number of fused-ring (bicyclic) bond motifs is 1. The molecule has 1 aliphatic heterocycles. The van der Waals surface area contributed by atoms with Gasteiger partial charge < -0.3 is 4.42 Å². The molecule has 1 aliphatic rings. The molecule has 0 unspecified atom stereocenters. The van der Waals surface area contributed by atoms with Gasteiger partial charge in [0, 0.05) is 19.0 Å². The van der Waals surface area contributed by atoms with Crippen LogP contribution >= 0.6 is 11.3 Å². The number of hydrogen-bond donors (Lipinski definition) is 0. The van der Waals surface area contributed by atoms with E-state index in [1.165, 1.54) is 21.9 Å². The average molecular weight is 367 g/mol. The van der Waals surface area contributed by atoms with Gasteiger partial charge >= 0.3 is 0 Å². The van der Waals surface area contributed by atoms with Crippen molar-refractivity contribution in [2.24, 2.45) is 0 Å². The van der Waals surface area contributed by atoms with E-state index in [-0.39, 0.29) is 5.92 Å². The second-order valence-corrected chi connectivity index (χ2v) is 8.92. The van der Waals surface area contributed by atoms with Gasteiger partial charge in [0.15, 0.2) is 10.8 Å². The van der Waals surface area contributed by atoms with Crippen LogP contribution in [0.5, 0.6) is 0 Å². The Bertz CT molecular complexity index is 979. The van der Waals surface area contributed by atoms with E-state index in [9.17, 15) is 8.42 Å². The molecule has 4 rings (SSSR count). The number of piperidine rings is 1. The van der Waals surface area contributed by atoms with Gasteiger partial charge in [-0.25, -0.2) is 12.7 Å². The first kappa shape index (κ1) is 15.7. The van der Waals surface area contributed by atoms with E-state index in [4.69, 9.17) is 4.42 Å². The molecule has 0 radical (unpaired) electrons. The Morgan fingerprint density at radius 3 is 2.67 bits per heavy atom. The van der Waals surface area contributed by atoms with Gasteiger partial charge in [0.05, 0.1) is 18.1 Å². The smallest absolute Gasteiger partial charge is 0.234 e. The summed E-state index contributed by atoms with van der Waals surface area (Å²) in [4.78, 5) is 0.742. The summed E-state index contributed by atoms with van der Waals surface area (Å²) in [5, 5.41) is 14.0. The van der Waals surface area contributed by atoms with Crippen LogP contribution < -0.4 is 0 Å². The minimum atomic E-state index is -3.12. The van der Waals surface area contributed by atoms with E-state index < -0.39 is 10.0 Å². The zero-order valence-electron chi connectivity index (χ0n) is 13.3. The highest BCUT2D eigenvalue weighted by Crippen LogP contribution is 2.32. The maximum Gasteiger partial charge on any atom is 0.234 e. The second-order valence-electron chi connectivity index (χ2n) is 5.99. The molecule has 0 N–H and O–H groups in total. The summed E-state index contributed by atoms with van der Waals surface area (Å²) in [5.41, 5.74) is 0.961. The third-order valence-corrected chi connectivity index (χ3v) is 6.63. The van der Waals surface area contributed by atoms with E-state index in [1.807, 2.05) is 13.0 Å². The molecule has 3 aromatic heterocycles. The minimum Gasteiger partial charge on any atom is -0.469 e. The maximum atomic E-state index is 11.6. The predicted octanol–water partition coefficient (Wildman–Crippen LogP) is 1.89. The average Bonchev–Trinajstić information content (AvgIpc) is 3.21. The lowest BCUT2D eigenvalue weighted by molar-refractivity contribution is 0.313. The molecule has 10 heteroatoms. The van der Waals surface area contributed by atoms with Crippen LogP contribution in [0.3, 0.4) is 0 Å². The van der Waals surface area contributed by atoms with Gasteiger partial charge in [-0.15, -0.1) is 10.2 Å². The van der Waals surface area contributed by atoms with Gasteiger partial charge in [-0.1, -0.05) is 11.3 Å². The normalized spacial score (nSPS) is 17.8. The summed E-state index contributed by atoms with van der Waals surface area (Å²) < 4.78 is 31.9. The molecule has 8 nitrogen and oxygen atoms in total. The molecular formula is C14H17N5O3S2.